The monoisotopic (exact) mass is 245 g/mol. The maximum atomic E-state index is 11.7. The number of esters is 1. The van der Waals surface area contributed by atoms with Crippen molar-refractivity contribution in [1.29, 1.82) is 0 Å². The second kappa shape index (κ2) is 3.57. The summed E-state index contributed by atoms with van der Waals surface area (Å²) in [6, 6.07) is 12.7. The summed E-state index contributed by atoms with van der Waals surface area (Å²) >= 11 is 6.44. The third-order valence-corrected chi connectivity index (χ3v) is 3.22. The Morgan fingerprint density at radius 3 is 2.65 bits per heavy atom. The van der Waals surface area contributed by atoms with Crippen LogP contribution in [0.1, 0.15) is 21.6 Å². The Morgan fingerprint density at radius 2 is 1.88 bits per heavy atom. The first-order chi connectivity index (χ1) is 8.22. The third kappa shape index (κ3) is 1.43. The SMILES string of the molecule is O=C1OC(Cl)(c2ccccc2)c2cccnc21. The molecule has 1 aliphatic rings. The number of fused-ring (bicyclic) bond motifs is 1. The van der Waals surface area contributed by atoms with Gasteiger partial charge in [0.05, 0.1) is 0 Å². The van der Waals surface area contributed by atoms with Crippen molar-refractivity contribution < 1.29 is 9.53 Å². The number of cyclic esters (lactones) is 1. The molecule has 0 saturated carbocycles. The summed E-state index contributed by atoms with van der Waals surface area (Å²) in [5.74, 6) is -0.487. The topological polar surface area (TPSA) is 39.2 Å². The Labute approximate surface area is 103 Å². The van der Waals surface area contributed by atoms with Crippen molar-refractivity contribution in [3.05, 3.63) is 65.5 Å². The van der Waals surface area contributed by atoms with Crippen molar-refractivity contribution in [3.8, 4) is 0 Å². The second-order valence-electron chi connectivity index (χ2n) is 3.75. The first kappa shape index (κ1) is 10.3. The molecule has 17 heavy (non-hydrogen) atoms. The summed E-state index contributed by atoms with van der Waals surface area (Å²) in [6.07, 6.45) is 1.55. The van der Waals surface area contributed by atoms with Crippen LogP contribution in [-0.2, 0) is 9.80 Å². The van der Waals surface area contributed by atoms with Crippen LogP contribution in [0.2, 0.25) is 0 Å². The van der Waals surface area contributed by atoms with Gasteiger partial charge < -0.3 is 4.74 Å². The van der Waals surface area contributed by atoms with Gasteiger partial charge in [0.25, 0.3) is 0 Å². The van der Waals surface area contributed by atoms with Crippen molar-refractivity contribution in [1.82, 2.24) is 4.98 Å². The maximum Gasteiger partial charge on any atom is 0.359 e. The van der Waals surface area contributed by atoms with Gasteiger partial charge in [-0.3, -0.25) is 0 Å². The van der Waals surface area contributed by atoms with Gasteiger partial charge in [-0.1, -0.05) is 41.9 Å². The molecule has 2 heterocycles. The van der Waals surface area contributed by atoms with Crippen LogP contribution in [0.5, 0.6) is 0 Å². The predicted octanol–water partition coefficient (Wildman–Crippen LogP) is 2.69. The second-order valence-corrected chi connectivity index (χ2v) is 4.28. The zero-order chi connectivity index (χ0) is 11.9. The van der Waals surface area contributed by atoms with Crippen LogP contribution in [0.4, 0.5) is 0 Å². The fourth-order valence-corrected chi connectivity index (χ4v) is 2.27. The van der Waals surface area contributed by atoms with Crippen LogP contribution in [0.15, 0.2) is 48.7 Å². The number of hydrogen-bond acceptors (Lipinski definition) is 3. The molecule has 0 aliphatic carbocycles. The number of aromatic nitrogens is 1. The quantitative estimate of drug-likeness (QED) is 0.573. The van der Waals surface area contributed by atoms with Gasteiger partial charge in [-0.05, 0) is 12.1 Å². The number of carbonyl (C=O) groups is 1. The summed E-state index contributed by atoms with van der Waals surface area (Å²) in [5.41, 5.74) is 1.60. The number of pyridine rings is 1. The van der Waals surface area contributed by atoms with E-state index < -0.39 is 11.0 Å². The molecular formula is C13H8ClNO2. The number of halogens is 1. The minimum Gasteiger partial charge on any atom is -0.430 e. The molecule has 1 aromatic carbocycles. The molecule has 1 aromatic heterocycles. The lowest BCUT2D eigenvalue weighted by Crippen LogP contribution is -2.19. The molecule has 1 atom stereocenters. The highest BCUT2D eigenvalue weighted by Gasteiger charge is 2.46. The molecule has 0 amide bonds. The van der Waals surface area contributed by atoms with E-state index >= 15 is 0 Å². The molecular weight excluding hydrogens is 238 g/mol. The van der Waals surface area contributed by atoms with E-state index in [0.717, 1.165) is 5.56 Å². The summed E-state index contributed by atoms with van der Waals surface area (Å²) in [4.78, 5) is 15.7. The molecule has 4 heteroatoms. The van der Waals surface area contributed by atoms with E-state index in [-0.39, 0.29) is 5.69 Å². The molecule has 0 fully saturated rings. The molecule has 0 saturated heterocycles. The molecule has 1 unspecified atom stereocenters. The summed E-state index contributed by atoms with van der Waals surface area (Å²) in [6.45, 7) is 0. The van der Waals surface area contributed by atoms with Gasteiger partial charge in [0.1, 0.15) is 0 Å². The van der Waals surface area contributed by atoms with Crippen LogP contribution in [0.3, 0.4) is 0 Å². The Kier molecular flexibility index (Phi) is 2.16. The van der Waals surface area contributed by atoms with Crippen LogP contribution in [0.25, 0.3) is 0 Å². The number of nitrogens with zero attached hydrogens (tertiary/aromatic N) is 1. The Hall–Kier alpha value is -1.87. The number of alkyl halides is 1. The first-order valence-corrected chi connectivity index (χ1v) is 5.53. The lowest BCUT2D eigenvalue weighted by Gasteiger charge is -2.21. The van der Waals surface area contributed by atoms with E-state index in [1.165, 1.54) is 0 Å². The zero-order valence-corrected chi connectivity index (χ0v) is 9.52. The molecule has 0 N–H and O–H groups in total. The van der Waals surface area contributed by atoms with Crippen LogP contribution in [0, 0.1) is 0 Å². The van der Waals surface area contributed by atoms with Crippen molar-refractivity contribution in [2.75, 3.05) is 0 Å². The van der Waals surface area contributed by atoms with Crippen molar-refractivity contribution >= 4 is 17.6 Å². The minimum absolute atomic E-state index is 0.284. The number of carbonyl (C=O) groups excluding carboxylic acids is 1. The zero-order valence-electron chi connectivity index (χ0n) is 8.76. The van der Waals surface area contributed by atoms with Crippen LogP contribution >= 0.6 is 11.6 Å². The van der Waals surface area contributed by atoms with Gasteiger partial charge in [0, 0.05) is 17.3 Å². The normalized spacial score (nSPS) is 22.1. The molecule has 3 rings (SSSR count). The highest BCUT2D eigenvalue weighted by molar-refractivity contribution is 6.27. The Balaban J connectivity index is 2.21. The minimum atomic E-state index is -1.25. The molecule has 2 aromatic rings. The Morgan fingerprint density at radius 1 is 1.12 bits per heavy atom. The van der Waals surface area contributed by atoms with E-state index in [1.807, 2.05) is 30.3 Å². The van der Waals surface area contributed by atoms with Crippen molar-refractivity contribution in [3.63, 3.8) is 0 Å². The van der Waals surface area contributed by atoms with Crippen molar-refractivity contribution in [2.45, 2.75) is 5.06 Å². The fraction of sp³-hybridized carbons (Fsp3) is 0.0769. The molecule has 84 valence electrons. The van der Waals surface area contributed by atoms with E-state index in [4.69, 9.17) is 16.3 Å². The lowest BCUT2D eigenvalue weighted by molar-refractivity contribution is 0.0363. The smallest absolute Gasteiger partial charge is 0.359 e. The molecule has 0 bridgehead atoms. The van der Waals surface area contributed by atoms with E-state index in [2.05, 4.69) is 4.98 Å². The average molecular weight is 246 g/mol. The number of benzene rings is 1. The van der Waals surface area contributed by atoms with Gasteiger partial charge in [-0.2, -0.15) is 0 Å². The van der Waals surface area contributed by atoms with Gasteiger partial charge in [0.2, 0.25) is 5.06 Å². The Bertz CT molecular complexity index is 585. The predicted molar refractivity (Wildman–Crippen MR) is 62.7 cm³/mol. The van der Waals surface area contributed by atoms with Crippen molar-refractivity contribution in [2.24, 2.45) is 0 Å². The largest absolute Gasteiger partial charge is 0.430 e. The van der Waals surface area contributed by atoms with Gasteiger partial charge in [-0.15, -0.1) is 0 Å². The standard InChI is InChI=1S/C13H8ClNO2/c14-13(9-5-2-1-3-6-9)10-7-4-8-15-11(10)12(16)17-13/h1-8H. The number of rotatable bonds is 1. The first-order valence-electron chi connectivity index (χ1n) is 5.15. The van der Waals surface area contributed by atoms with Gasteiger partial charge in [0.15, 0.2) is 5.69 Å². The van der Waals surface area contributed by atoms with Gasteiger partial charge >= 0.3 is 5.97 Å². The number of ether oxygens (including phenoxy) is 1. The highest BCUT2D eigenvalue weighted by atomic mass is 35.5. The highest BCUT2D eigenvalue weighted by Crippen LogP contribution is 2.44. The lowest BCUT2D eigenvalue weighted by atomic mass is 10.0. The summed E-state index contributed by atoms with van der Waals surface area (Å²) in [5, 5.41) is -1.25. The third-order valence-electron chi connectivity index (χ3n) is 2.73. The van der Waals surface area contributed by atoms with E-state index in [9.17, 15) is 4.79 Å². The summed E-state index contributed by atoms with van der Waals surface area (Å²) < 4.78 is 5.27. The molecule has 3 nitrogen and oxygen atoms in total. The van der Waals surface area contributed by atoms with E-state index in [1.54, 1.807) is 18.3 Å². The number of hydrogen-bond donors (Lipinski definition) is 0. The molecule has 0 spiro atoms. The maximum absolute atomic E-state index is 11.7. The summed E-state index contributed by atoms with van der Waals surface area (Å²) in [7, 11) is 0. The fourth-order valence-electron chi connectivity index (χ4n) is 1.93. The molecule has 1 aliphatic heterocycles. The van der Waals surface area contributed by atoms with Gasteiger partial charge in [-0.25, -0.2) is 9.78 Å². The molecule has 0 radical (unpaired) electrons. The average Bonchev–Trinajstić information content (AvgIpc) is 2.65. The van der Waals surface area contributed by atoms with Crippen LogP contribution < -0.4 is 0 Å². The van der Waals surface area contributed by atoms with Crippen LogP contribution in [-0.4, -0.2) is 11.0 Å². The van der Waals surface area contributed by atoms with E-state index in [0.29, 0.717) is 5.56 Å².